The average molecular weight is 284 g/mol. The van der Waals surface area contributed by atoms with Crippen molar-refractivity contribution in [2.45, 2.75) is 83.2 Å². The number of amides is 2. The smallest absolute Gasteiger partial charge is 0.329 e. The Bertz CT molecular complexity index is 343. The van der Waals surface area contributed by atoms with Crippen LogP contribution in [0.25, 0.3) is 0 Å². The first-order valence-electron chi connectivity index (χ1n) is 7.71. The molecule has 1 fully saturated rings. The summed E-state index contributed by atoms with van der Waals surface area (Å²) in [6.07, 6.45) is 6.46. The van der Waals surface area contributed by atoms with E-state index in [2.05, 4.69) is 10.6 Å². The van der Waals surface area contributed by atoms with E-state index in [1.807, 2.05) is 20.8 Å². The molecule has 5 heteroatoms. The van der Waals surface area contributed by atoms with E-state index < -0.39 is 11.5 Å². The zero-order valence-corrected chi connectivity index (χ0v) is 12.9. The Morgan fingerprint density at radius 2 is 1.60 bits per heavy atom. The Morgan fingerprint density at radius 3 is 2.00 bits per heavy atom. The minimum Gasteiger partial charge on any atom is -0.480 e. The highest BCUT2D eigenvalue weighted by Crippen LogP contribution is 2.27. The quantitative estimate of drug-likeness (QED) is 0.679. The minimum atomic E-state index is -1.09. The van der Waals surface area contributed by atoms with Crippen LogP contribution in [-0.4, -0.2) is 28.2 Å². The first-order chi connectivity index (χ1) is 9.37. The highest BCUT2D eigenvalue weighted by Gasteiger charge is 2.40. The summed E-state index contributed by atoms with van der Waals surface area (Å²) in [7, 11) is 0. The lowest BCUT2D eigenvalue weighted by molar-refractivity contribution is -0.145. The fraction of sp³-hybridized carbons (Fsp3) is 0.867. The summed E-state index contributed by atoms with van der Waals surface area (Å²) in [5, 5.41) is 15.2. The summed E-state index contributed by atoms with van der Waals surface area (Å²) in [6, 6.07) is -0.361. The molecule has 0 bridgehead atoms. The van der Waals surface area contributed by atoms with Crippen LogP contribution in [0.3, 0.4) is 0 Å². The number of urea groups is 1. The molecule has 0 atom stereocenters. The number of aliphatic carboxylic acids is 1. The summed E-state index contributed by atoms with van der Waals surface area (Å²) in [5.41, 5.74) is -1.38. The van der Waals surface area contributed by atoms with E-state index >= 15 is 0 Å². The normalized spacial score (nSPS) is 18.9. The Morgan fingerprint density at radius 1 is 1.10 bits per heavy atom. The van der Waals surface area contributed by atoms with Crippen molar-refractivity contribution >= 4 is 12.0 Å². The second kappa shape index (κ2) is 6.95. The van der Waals surface area contributed by atoms with Crippen LogP contribution in [0.4, 0.5) is 4.79 Å². The number of rotatable bonds is 5. The van der Waals surface area contributed by atoms with E-state index in [0.29, 0.717) is 12.8 Å². The van der Waals surface area contributed by atoms with Crippen LogP contribution in [0, 0.1) is 0 Å². The lowest BCUT2D eigenvalue weighted by atomic mass is 9.90. The molecule has 0 heterocycles. The van der Waals surface area contributed by atoms with Crippen molar-refractivity contribution in [3.63, 3.8) is 0 Å². The second-order valence-electron chi connectivity index (χ2n) is 6.15. The molecular weight excluding hydrogens is 256 g/mol. The van der Waals surface area contributed by atoms with Crippen molar-refractivity contribution in [2.24, 2.45) is 0 Å². The van der Waals surface area contributed by atoms with Crippen LogP contribution in [0.15, 0.2) is 0 Å². The van der Waals surface area contributed by atoms with Gasteiger partial charge in [-0.15, -0.1) is 0 Å². The van der Waals surface area contributed by atoms with Crippen LogP contribution < -0.4 is 10.6 Å². The third-order valence-corrected chi connectivity index (χ3v) is 4.70. The summed E-state index contributed by atoms with van der Waals surface area (Å²) in [5.74, 6) is -0.913. The maximum Gasteiger partial charge on any atom is 0.329 e. The minimum absolute atomic E-state index is 0.283. The fourth-order valence-corrected chi connectivity index (χ4v) is 2.67. The van der Waals surface area contributed by atoms with Gasteiger partial charge in [0, 0.05) is 5.54 Å². The van der Waals surface area contributed by atoms with Gasteiger partial charge in [0.05, 0.1) is 0 Å². The zero-order chi connectivity index (χ0) is 15.2. The van der Waals surface area contributed by atoms with Crippen LogP contribution >= 0.6 is 0 Å². The van der Waals surface area contributed by atoms with Crippen LogP contribution in [0.2, 0.25) is 0 Å². The van der Waals surface area contributed by atoms with Gasteiger partial charge < -0.3 is 15.7 Å². The number of carbonyl (C=O) groups is 2. The lowest BCUT2D eigenvalue weighted by Gasteiger charge is -2.33. The molecule has 20 heavy (non-hydrogen) atoms. The molecular formula is C15H28N2O3. The molecule has 0 aromatic carbocycles. The Balaban J connectivity index is 2.75. The number of nitrogens with one attached hydrogen (secondary N) is 2. The van der Waals surface area contributed by atoms with Gasteiger partial charge in [0.2, 0.25) is 0 Å². The molecule has 0 aromatic rings. The van der Waals surface area contributed by atoms with Crippen LogP contribution in [0.5, 0.6) is 0 Å². The molecule has 0 aromatic heterocycles. The molecule has 2 amide bonds. The largest absolute Gasteiger partial charge is 0.480 e. The average Bonchev–Trinajstić information content (AvgIpc) is 2.65. The second-order valence-corrected chi connectivity index (χ2v) is 6.15. The number of carboxylic acid groups (broad SMARTS) is 1. The Hall–Kier alpha value is -1.26. The predicted molar refractivity (Wildman–Crippen MR) is 78.7 cm³/mol. The Kier molecular flexibility index (Phi) is 5.84. The molecule has 116 valence electrons. The highest BCUT2D eigenvalue weighted by atomic mass is 16.4. The fourth-order valence-electron chi connectivity index (χ4n) is 2.67. The van der Waals surface area contributed by atoms with Gasteiger partial charge in [0.1, 0.15) is 5.54 Å². The zero-order valence-electron chi connectivity index (χ0n) is 12.9. The SMILES string of the molecule is CCC(C)(CC)NC(=O)NC1(C(=O)O)CCCCCC1. The van der Waals surface area contributed by atoms with Gasteiger partial charge in [-0.3, -0.25) is 0 Å². The lowest BCUT2D eigenvalue weighted by Crippen LogP contribution is -2.60. The first-order valence-corrected chi connectivity index (χ1v) is 7.71. The van der Waals surface area contributed by atoms with Gasteiger partial charge in [0.15, 0.2) is 0 Å². The molecule has 0 spiro atoms. The number of carboxylic acids is 1. The van der Waals surface area contributed by atoms with Crippen molar-refractivity contribution in [3.8, 4) is 0 Å². The number of hydrogen-bond acceptors (Lipinski definition) is 2. The van der Waals surface area contributed by atoms with E-state index in [4.69, 9.17) is 0 Å². The van der Waals surface area contributed by atoms with E-state index in [1.54, 1.807) is 0 Å². The molecule has 5 nitrogen and oxygen atoms in total. The molecule has 0 saturated heterocycles. The van der Waals surface area contributed by atoms with E-state index in [1.165, 1.54) is 0 Å². The molecule has 1 aliphatic rings. The third kappa shape index (κ3) is 4.12. The van der Waals surface area contributed by atoms with Gasteiger partial charge in [-0.1, -0.05) is 39.5 Å². The first kappa shape index (κ1) is 16.8. The third-order valence-electron chi connectivity index (χ3n) is 4.70. The molecule has 3 N–H and O–H groups in total. The van der Waals surface area contributed by atoms with Gasteiger partial charge in [-0.25, -0.2) is 9.59 Å². The van der Waals surface area contributed by atoms with Crippen LogP contribution in [0.1, 0.15) is 72.1 Å². The molecule has 1 rings (SSSR count). The predicted octanol–water partition coefficient (Wildman–Crippen LogP) is 3.04. The van der Waals surface area contributed by atoms with Gasteiger partial charge >= 0.3 is 12.0 Å². The molecule has 0 unspecified atom stereocenters. The topological polar surface area (TPSA) is 78.4 Å². The maximum atomic E-state index is 12.2. The van der Waals surface area contributed by atoms with Crippen LogP contribution in [-0.2, 0) is 4.79 Å². The van der Waals surface area contributed by atoms with E-state index in [-0.39, 0.29) is 11.6 Å². The highest BCUT2D eigenvalue weighted by molar-refractivity contribution is 5.86. The van der Waals surface area contributed by atoms with Gasteiger partial charge in [0.25, 0.3) is 0 Å². The maximum absolute atomic E-state index is 12.2. The van der Waals surface area contributed by atoms with Crippen molar-refractivity contribution in [1.29, 1.82) is 0 Å². The number of carbonyl (C=O) groups excluding carboxylic acids is 1. The molecule has 0 aliphatic heterocycles. The summed E-state index contributed by atoms with van der Waals surface area (Å²) >= 11 is 0. The van der Waals surface area contributed by atoms with Crippen molar-refractivity contribution in [2.75, 3.05) is 0 Å². The van der Waals surface area contributed by atoms with Gasteiger partial charge in [-0.05, 0) is 32.6 Å². The molecule has 1 saturated carbocycles. The van der Waals surface area contributed by atoms with Crippen molar-refractivity contribution < 1.29 is 14.7 Å². The summed E-state index contributed by atoms with van der Waals surface area (Å²) < 4.78 is 0. The Labute approximate surface area is 121 Å². The number of hydrogen-bond donors (Lipinski definition) is 3. The molecule has 0 radical (unpaired) electrons. The van der Waals surface area contributed by atoms with E-state index in [9.17, 15) is 14.7 Å². The monoisotopic (exact) mass is 284 g/mol. The summed E-state index contributed by atoms with van der Waals surface area (Å²) in [6.45, 7) is 6.01. The van der Waals surface area contributed by atoms with Crippen molar-refractivity contribution in [3.05, 3.63) is 0 Å². The van der Waals surface area contributed by atoms with E-state index in [0.717, 1.165) is 38.5 Å². The summed E-state index contributed by atoms with van der Waals surface area (Å²) in [4.78, 5) is 23.8. The van der Waals surface area contributed by atoms with Crippen molar-refractivity contribution in [1.82, 2.24) is 10.6 Å². The molecule has 1 aliphatic carbocycles. The standard InChI is InChI=1S/C15H28N2O3/c1-4-14(3,5-2)16-13(20)17-15(12(18)19)10-8-6-7-9-11-15/h4-11H2,1-3H3,(H,18,19)(H2,16,17,20). The van der Waals surface area contributed by atoms with Gasteiger partial charge in [-0.2, -0.15) is 0 Å².